The second-order valence-corrected chi connectivity index (χ2v) is 6.30. The van der Waals surface area contributed by atoms with Gasteiger partial charge in [0, 0.05) is 13.5 Å². The number of thioether (sulfide) groups is 1. The Kier molecular flexibility index (Phi) is 11.8. The van der Waals surface area contributed by atoms with Crippen molar-refractivity contribution in [3.8, 4) is 0 Å². The SMILES string of the molecule is CO[C@@H](CCSC)C(=O)N[C@@H](CCC(=O)C=[N+]=N)C(=O)OC(C)C. The summed E-state index contributed by atoms with van der Waals surface area (Å²) in [6, 6.07) is -0.949. The van der Waals surface area contributed by atoms with Gasteiger partial charge in [-0.25, -0.2) is 4.79 Å². The maximum atomic E-state index is 12.3. The molecule has 0 radical (unpaired) electrons. The van der Waals surface area contributed by atoms with E-state index in [-0.39, 0.29) is 18.9 Å². The van der Waals surface area contributed by atoms with Crippen LogP contribution in [0.5, 0.6) is 0 Å². The van der Waals surface area contributed by atoms with Crippen LogP contribution < -0.4 is 5.32 Å². The zero-order chi connectivity index (χ0) is 18.5. The van der Waals surface area contributed by atoms with Gasteiger partial charge >= 0.3 is 12.2 Å². The minimum atomic E-state index is -0.949. The summed E-state index contributed by atoms with van der Waals surface area (Å²) in [5, 5.41) is 2.59. The minimum absolute atomic E-state index is 0.0248. The summed E-state index contributed by atoms with van der Waals surface area (Å²) < 4.78 is 10.3. The van der Waals surface area contributed by atoms with Crippen LogP contribution in [0.2, 0.25) is 0 Å². The summed E-state index contributed by atoms with van der Waals surface area (Å²) in [5.41, 5.74) is 6.62. The smallest absolute Gasteiger partial charge is 0.372 e. The van der Waals surface area contributed by atoms with E-state index in [1.165, 1.54) is 7.11 Å². The molecule has 0 aromatic heterocycles. The van der Waals surface area contributed by atoms with Crippen LogP contribution >= 0.6 is 11.8 Å². The van der Waals surface area contributed by atoms with Gasteiger partial charge in [-0.05, 0) is 38.7 Å². The summed E-state index contributed by atoms with van der Waals surface area (Å²) in [6.07, 6.45) is 2.34. The Morgan fingerprint density at radius 2 is 1.96 bits per heavy atom. The molecule has 2 atom stereocenters. The number of methoxy groups -OCH3 is 1. The molecule has 0 bridgehead atoms. The molecule has 8 nitrogen and oxygen atoms in total. The molecule has 0 rings (SSSR count). The van der Waals surface area contributed by atoms with Crippen molar-refractivity contribution in [2.75, 3.05) is 19.1 Å². The van der Waals surface area contributed by atoms with Gasteiger partial charge in [-0.1, -0.05) is 0 Å². The van der Waals surface area contributed by atoms with E-state index in [1.54, 1.807) is 25.6 Å². The summed E-state index contributed by atoms with van der Waals surface area (Å²) in [5.74, 6) is -0.675. The topological polar surface area (TPSA) is 120 Å². The predicted molar refractivity (Wildman–Crippen MR) is 90.2 cm³/mol. The molecule has 0 aliphatic carbocycles. The van der Waals surface area contributed by atoms with Crippen LogP contribution in [-0.2, 0) is 23.9 Å². The summed E-state index contributed by atoms with van der Waals surface area (Å²) in [6.45, 7) is 3.40. The lowest BCUT2D eigenvalue weighted by Crippen LogP contribution is -2.47. The molecule has 0 fully saturated rings. The molecular weight excluding hydrogens is 334 g/mol. The van der Waals surface area contributed by atoms with E-state index < -0.39 is 29.8 Å². The quantitative estimate of drug-likeness (QED) is 0.230. The minimum Gasteiger partial charge on any atom is -0.461 e. The molecule has 2 N–H and O–H groups in total. The van der Waals surface area contributed by atoms with Gasteiger partial charge in [0.05, 0.1) is 16.4 Å². The van der Waals surface area contributed by atoms with Crippen molar-refractivity contribution in [2.24, 2.45) is 0 Å². The fourth-order valence-electron chi connectivity index (χ4n) is 1.83. The number of ether oxygens (including phenoxy) is 2. The molecule has 0 saturated carbocycles. The highest BCUT2D eigenvalue weighted by Crippen LogP contribution is 2.07. The van der Waals surface area contributed by atoms with Crippen LogP contribution in [-0.4, -0.2) is 66.0 Å². The van der Waals surface area contributed by atoms with Crippen LogP contribution in [0.1, 0.15) is 33.1 Å². The lowest BCUT2D eigenvalue weighted by atomic mass is 10.1. The third-order valence-electron chi connectivity index (χ3n) is 3.00. The fourth-order valence-corrected chi connectivity index (χ4v) is 2.28. The number of carbonyl (C=O) groups is 3. The van der Waals surface area contributed by atoms with Gasteiger partial charge in [0.25, 0.3) is 0 Å². The van der Waals surface area contributed by atoms with Crippen LogP contribution in [0.15, 0.2) is 0 Å². The van der Waals surface area contributed by atoms with Crippen molar-refractivity contribution < 1.29 is 28.6 Å². The molecule has 136 valence electrons. The predicted octanol–water partition coefficient (Wildman–Crippen LogP) is 0.850. The highest BCUT2D eigenvalue weighted by molar-refractivity contribution is 7.98. The molecule has 0 heterocycles. The zero-order valence-electron chi connectivity index (χ0n) is 14.5. The number of ketones is 1. The van der Waals surface area contributed by atoms with E-state index >= 15 is 0 Å². The number of hydrogen-bond acceptors (Lipinski definition) is 7. The fraction of sp³-hybridized carbons (Fsp3) is 0.733. The number of nitrogens with one attached hydrogen (secondary N) is 2. The van der Waals surface area contributed by atoms with Gasteiger partial charge < -0.3 is 14.8 Å². The Labute approximate surface area is 146 Å². The highest BCUT2D eigenvalue weighted by Gasteiger charge is 2.27. The van der Waals surface area contributed by atoms with Crippen molar-refractivity contribution in [3.63, 3.8) is 0 Å². The lowest BCUT2D eigenvalue weighted by Gasteiger charge is -2.21. The van der Waals surface area contributed by atoms with Crippen molar-refractivity contribution >= 4 is 35.6 Å². The Hall–Kier alpha value is -1.70. The average Bonchev–Trinajstić information content (AvgIpc) is 2.51. The number of carbonyl (C=O) groups excluding carboxylic acids is 3. The zero-order valence-corrected chi connectivity index (χ0v) is 15.4. The van der Waals surface area contributed by atoms with Gasteiger partial charge in [-0.2, -0.15) is 11.8 Å². The monoisotopic (exact) mass is 360 g/mol. The van der Waals surface area contributed by atoms with Crippen LogP contribution in [0, 0.1) is 5.53 Å². The van der Waals surface area contributed by atoms with Crippen molar-refractivity contribution in [1.29, 1.82) is 5.53 Å². The molecule has 0 unspecified atom stereocenters. The third kappa shape index (κ3) is 9.44. The molecule has 0 aromatic carbocycles. The Morgan fingerprint density at radius 1 is 1.29 bits per heavy atom. The van der Waals surface area contributed by atoms with E-state index in [0.29, 0.717) is 6.42 Å². The molecule has 0 aromatic rings. The van der Waals surface area contributed by atoms with Crippen molar-refractivity contribution in [1.82, 2.24) is 5.32 Å². The van der Waals surface area contributed by atoms with Gasteiger partial charge in [-0.3, -0.25) is 9.59 Å². The highest BCUT2D eigenvalue weighted by atomic mass is 32.2. The number of esters is 1. The summed E-state index contributed by atoms with van der Waals surface area (Å²) in [7, 11) is 1.43. The van der Waals surface area contributed by atoms with Crippen LogP contribution in [0.3, 0.4) is 0 Å². The first-order valence-electron chi connectivity index (χ1n) is 7.60. The maximum Gasteiger partial charge on any atom is 0.372 e. The van der Waals surface area contributed by atoms with E-state index in [0.717, 1.165) is 12.0 Å². The van der Waals surface area contributed by atoms with E-state index in [2.05, 4.69) is 10.1 Å². The Balaban J connectivity index is 4.89. The summed E-state index contributed by atoms with van der Waals surface area (Å²) >= 11 is 1.59. The molecular formula is C15H26N3O5S+. The van der Waals surface area contributed by atoms with Crippen molar-refractivity contribution in [2.45, 2.75) is 51.4 Å². The summed E-state index contributed by atoms with van der Waals surface area (Å²) in [4.78, 5) is 38.7. The van der Waals surface area contributed by atoms with Gasteiger partial charge in [0.2, 0.25) is 11.7 Å². The number of hydrogen-bond donors (Lipinski definition) is 2. The van der Waals surface area contributed by atoms with E-state index in [4.69, 9.17) is 15.0 Å². The molecule has 24 heavy (non-hydrogen) atoms. The van der Waals surface area contributed by atoms with Crippen molar-refractivity contribution in [3.05, 3.63) is 0 Å². The first-order valence-corrected chi connectivity index (χ1v) is 9.00. The van der Waals surface area contributed by atoms with Gasteiger partial charge in [0.1, 0.15) is 12.1 Å². The number of amides is 1. The number of nitrogens with zero attached hydrogens (tertiary/aromatic N) is 1. The first-order chi connectivity index (χ1) is 11.3. The van der Waals surface area contributed by atoms with E-state index in [1.807, 2.05) is 6.26 Å². The Bertz CT molecular complexity index is 478. The molecule has 0 aliphatic rings. The Morgan fingerprint density at radius 3 is 2.46 bits per heavy atom. The molecule has 9 heteroatoms. The van der Waals surface area contributed by atoms with Gasteiger partial charge in [0.15, 0.2) is 0 Å². The van der Waals surface area contributed by atoms with Crippen LogP contribution in [0.4, 0.5) is 0 Å². The maximum absolute atomic E-state index is 12.3. The molecule has 0 spiro atoms. The number of Topliss-reactive ketones (excluding diaryl/α,β-unsaturated/α-hetero) is 1. The lowest BCUT2D eigenvalue weighted by molar-refractivity contribution is -0.152. The second kappa shape index (κ2) is 12.7. The third-order valence-corrected chi connectivity index (χ3v) is 3.65. The normalized spacial score (nSPS) is 12.9. The van der Waals surface area contributed by atoms with E-state index in [9.17, 15) is 14.4 Å². The standard InChI is InChI=1S/C15H25N3O5S/c1-10(2)23-15(21)12(6-5-11(19)9-17-16)18-14(20)13(22-3)7-8-24-4/h9-10,12-13,16H,5-8H2,1-4H3/p+1/t12-,13-/m0/s1. The largest absolute Gasteiger partial charge is 0.461 e. The molecule has 0 saturated heterocycles. The second-order valence-electron chi connectivity index (χ2n) is 5.32. The first kappa shape index (κ1) is 22.3. The van der Waals surface area contributed by atoms with Crippen LogP contribution in [0.25, 0.3) is 0 Å². The average molecular weight is 360 g/mol. The van der Waals surface area contributed by atoms with Gasteiger partial charge in [-0.15, -0.1) is 0 Å². The number of rotatable bonds is 12. The molecule has 0 aliphatic heterocycles. The molecule has 1 amide bonds.